The molecule has 1 amide bonds. The monoisotopic (exact) mass is 306 g/mol. The summed E-state index contributed by atoms with van der Waals surface area (Å²) < 4.78 is 10.4. The Balaban J connectivity index is 1.69. The fourth-order valence-corrected chi connectivity index (χ4v) is 2.16. The van der Waals surface area contributed by atoms with Gasteiger partial charge in [-0.05, 0) is 12.5 Å². The maximum absolute atomic E-state index is 11.9. The summed E-state index contributed by atoms with van der Waals surface area (Å²) in [6, 6.07) is 8.79. The van der Waals surface area contributed by atoms with Crippen LogP contribution in [0.25, 0.3) is 0 Å². The first kappa shape index (κ1) is 16.5. The van der Waals surface area contributed by atoms with Gasteiger partial charge < -0.3 is 14.8 Å². The second kappa shape index (κ2) is 8.51. The predicted molar refractivity (Wildman–Crippen MR) is 81.1 cm³/mol. The molecule has 1 heterocycles. The van der Waals surface area contributed by atoms with Crippen molar-refractivity contribution in [2.24, 2.45) is 0 Å². The lowest BCUT2D eigenvalue weighted by molar-refractivity contribution is -0.148. The highest BCUT2D eigenvalue weighted by molar-refractivity contribution is 5.85. The van der Waals surface area contributed by atoms with Gasteiger partial charge in [-0.3, -0.25) is 9.69 Å². The Kier molecular flexibility index (Phi) is 6.36. The molecule has 1 aromatic rings. The van der Waals surface area contributed by atoms with Gasteiger partial charge >= 0.3 is 5.97 Å². The lowest BCUT2D eigenvalue weighted by Crippen LogP contribution is -2.47. The number of hydrogen-bond donors (Lipinski definition) is 1. The minimum absolute atomic E-state index is 0.175. The average Bonchev–Trinajstić information content (AvgIpc) is 2.54. The van der Waals surface area contributed by atoms with Crippen LogP contribution in [0.5, 0.6) is 0 Å². The van der Waals surface area contributed by atoms with Crippen molar-refractivity contribution in [3.8, 4) is 0 Å². The first-order valence-corrected chi connectivity index (χ1v) is 7.45. The summed E-state index contributed by atoms with van der Waals surface area (Å²) in [6.07, 6.45) is 0. The maximum Gasteiger partial charge on any atom is 0.328 e. The molecule has 0 spiro atoms. The van der Waals surface area contributed by atoms with Gasteiger partial charge in [0.2, 0.25) is 5.91 Å². The summed E-state index contributed by atoms with van der Waals surface area (Å²) in [7, 11) is 0. The molecule has 22 heavy (non-hydrogen) atoms. The number of morpholine rings is 1. The molecule has 1 fully saturated rings. The van der Waals surface area contributed by atoms with E-state index in [1.54, 1.807) is 6.92 Å². The molecule has 2 rings (SSSR count). The van der Waals surface area contributed by atoms with Crippen LogP contribution in [0, 0.1) is 0 Å². The van der Waals surface area contributed by atoms with Crippen LogP contribution in [-0.2, 0) is 25.7 Å². The van der Waals surface area contributed by atoms with E-state index >= 15 is 0 Å². The first-order valence-electron chi connectivity index (χ1n) is 7.45. The molecule has 6 heteroatoms. The number of nitrogens with one attached hydrogen (secondary N) is 1. The van der Waals surface area contributed by atoms with Crippen LogP contribution >= 0.6 is 0 Å². The predicted octanol–water partition coefficient (Wildman–Crippen LogP) is 0.567. The van der Waals surface area contributed by atoms with E-state index in [4.69, 9.17) is 9.47 Å². The van der Waals surface area contributed by atoms with Crippen molar-refractivity contribution in [3.05, 3.63) is 35.9 Å². The van der Waals surface area contributed by atoms with E-state index in [0.717, 1.165) is 18.7 Å². The van der Waals surface area contributed by atoms with Gasteiger partial charge in [-0.15, -0.1) is 0 Å². The van der Waals surface area contributed by atoms with Crippen molar-refractivity contribution in [3.63, 3.8) is 0 Å². The highest BCUT2D eigenvalue weighted by atomic mass is 16.5. The third kappa shape index (κ3) is 5.46. The van der Waals surface area contributed by atoms with Crippen molar-refractivity contribution >= 4 is 11.9 Å². The molecule has 0 radical (unpaired) electrons. The summed E-state index contributed by atoms with van der Waals surface area (Å²) >= 11 is 0. The summed E-state index contributed by atoms with van der Waals surface area (Å²) in [5.74, 6) is -0.606. The zero-order chi connectivity index (χ0) is 15.8. The molecule has 1 aromatic carbocycles. The fraction of sp³-hybridized carbons (Fsp3) is 0.500. The summed E-state index contributed by atoms with van der Waals surface area (Å²) in [4.78, 5) is 25.8. The van der Waals surface area contributed by atoms with E-state index in [1.807, 2.05) is 35.2 Å². The lowest BCUT2D eigenvalue weighted by Gasteiger charge is -2.26. The molecular weight excluding hydrogens is 284 g/mol. The van der Waals surface area contributed by atoms with Crippen molar-refractivity contribution < 1.29 is 19.1 Å². The Bertz CT molecular complexity index is 486. The molecular formula is C16H22N2O4. The first-order chi connectivity index (χ1) is 10.6. The summed E-state index contributed by atoms with van der Waals surface area (Å²) in [5, 5.41) is 2.67. The third-order valence-electron chi connectivity index (χ3n) is 3.43. The van der Waals surface area contributed by atoms with Gasteiger partial charge in [0.05, 0.1) is 19.8 Å². The number of hydrogen-bond acceptors (Lipinski definition) is 5. The van der Waals surface area contributed by atoms with Gasteiger partial charge in [0.25, 0.3) is 0 Å². The topological polar surface area (TPSA) is 67.9 Å². The zero-order valence-electron chi connectivity index (χ0n) is 12.8. The Hall–Kier alpha value is -1.92. The Morgan fingerprint density at radius 2 is 1.95 bits per heavy atom. The second-order valence-corrected chi connectivity index (χ2v) is 5.27. The minimum atomic E-state index is -0.655. The third-order valence-corrected chi connectivity index (χ3v) is 3.43. The maximum atomic E-state index is 11.9. The van der Waals surface area contributed by atoms with Crippen LogP contribution in [0.2, 0.25) is 0 Å². The molecule has 0 aliphatic carbocycles. The number of carbonyl (C=O) groups excluding carboxylic acids is 2. The van der Waals surface area contributed by atoms with Crippen molar-refractivity contribution in [1.82, 2.24) is 10.2 Å². The SMILES string of the molecule is C[C@H](NC(=O)CN1CCOCC1)C(=O)OCc1ccccc1. The van der Waals surface area contributed by atoms with E-state index in [2.05, 4.69) is 5.32 Å². The minimum Gasteiger partial charge on any atom is -0.459 e. The van der Waals surface area contributed by atoms with Crippen LogP contribution in [0.4, 0.5) is 0 Å². The molecule has 0 unspecified atom stereocenters. The fourth-order valence-electron chi connectivity index (χ4n) is 2.16. The number of benzene rings is 1. The number of ether oxygens (including phenoxy) is 2. The molecule has 1 aliphatic rings. The van der Waals surface area contributed by atoms with E-state index in [-0.39, 0.29) is 19.1 Å². The van der Waals surface area contributed by atoms with Crippen molar-refractivity contribution in [2.45, 2.75) is 19.6 Å². The van der Waals surface area contributed by atoms with Gasteiger partial charge in [0, 0.05) is 13.1 Å². The van der Waals surface area contributed by atoms with Gasteiger partial charge in [-0.1, -0.05) is 30.3 Å². The van der Waals surface area contributed by atoms with Crippen LogP contribution < -0.4 is 5.32 Å². The molecule has 1 aliphatic heterocycles. The molecule has 1 saturated heterocycles. The molecule has 0 saturated carbocycles. The zero-order valence-corrected chi connectivity index (χ0v) is 12.8. The number of amides is 1. The normalized spacial score (nSPS) is 16.8. The van der Waals surface area contributed by atoms with Gasteiger partial charge in [0.1, 0.15) is 12.6 Å². The molecule has 6 nitrogen and oxygen atoms in total. The number of rotatable bonds is 6. The van der Waals surface area contributed by atoms with Gasteiger partial charge in [-0.2, -0.15) is 0 Å². The second-order valence-electron chi connectivity index (χ2n) is 5.27. The quantitative estimate of drug-likeness (QED) is 0.778. The van der Waals surface area contributed by atoms with Crippen molar-refractivity contribution in [2.75, 3.05) is 32.8 Å². The Morgan fingerprint density at radius 1 is 1.27 bits per heavy atom. The lowest BCUT2D eigenvalue weighted by atomic mass is 10.2. The van der Waals surface area contributed by atoms with Gasteiger partial charge in [0.15, 0.2) is 0 Å². The molecule has 1 N–H and O–H groups in total. The van der Waals surface area contributed by atoms with Crippen LogP contribution in [0.15, 0.2) is 30.3 Å². The standard InChI is InChI=1S/C16H22N2O4/c1-13(16(20)22-12-14-5-3-2-4-6-14)17-15(19)11-18-7-9-21-10-8-18/h2-6,13H,7-12H2,1H3,(H,17,19)/t13-/m0/s1. The van der Waals surface area contributed by atoms with E-state index < -0.39 is 12.0 Å². The highest BCUT2D eigenvalue weighted by Crippen LogP contribution is 2.02. The number of carbonyl (C=O) groups is 2. The number of nitrogens with zero attached hydrogens (tertiary/aromatic N) is 1. The molecule has 1 atom stereocenters. The number of esters is 1. The van der Waals surface area contributed by atoms with E-state index in [0.29, 0.717) is 13.2 Å². The van der Waals surface area contributed by atoms with Crippen LogP contribution in [0.3, 0.4) is 0 Å². The van der Waals surface area contributed by atoms with E-state index in [9.17, 15) is 9.59 Å². The van der Waals surface area contributed by atoms with E-state index in [1.165, 1.54) is 0 Å². The highest BCUT2D eigenvalue weighted by Gasteiger charge is 2.19. The molecule has 0 bridgehead atoms. The summed E-state index contributed by atoms with van der Waals surface area (Å²) in [5.41, 5.74) is 0.919. The average molecular weight is 306 g/mol. The van der Waals surface area contributed by atoms with Crippen LogP contribution in [0.1, 0.15) is 12.5 Å². The van der Waals surface area contributed by atoms with Gasteiger partial charge in [-0.25, -0.2) is 4.79 Å². The molecule has 0 aromatic heterocycles. The smallest absolute Gasteiger partial charge is 0.328 e. The molecule has 120 valence electrons. The summed E-state index contributed by atoms with van der Waals surface area (Å²) in [6.45, 7) is 4.87. The Morgan fingerprint density at radius 3 is 2.64 bits per heavy atom. The largest absolute Gasteiger partial charge is 0.459 e. The van der Waals surface area contributed by atoms with Crippen LogP contribution in [-0.4, -0.2) is 55.7 Å². The van der Waals surface area contributed by atoms with Crippen molar-refractivity contribution in [1.29, 1.82) is 0 Å². The Labute approximate surface area is 130 Å².